The molecule has 0 aromatic rings. The molecule has 4 aliphatic rings. The first-order chi connectivity index (χ1) is 19.9. The molecule has 0 bridgehead atoms. The molecule has 41 heavy (non-hydrogen) atoms. The molecule has 4 aliphatic carbocycles. The molecular formula is C37H70N4. The summed E-state index contributed by atoms with van der Waals surface area (Å²) in [5.41, 5.74) is 14.1. The molecule has 4 heteroatoms. The molecule has 8 atom stereocenters. The summed E-state index contributed by atoms with van der Waals surface area (Å²) in [5.74, 6) is 3.71. The van der Waals surface area contributed by atoms with Crippen LogP contribution in [0.5, 0.6) is 0 Å². The van der Waals surface area contributed by atoms with Gasteiger partial charge in [0.25, 0.3) is 0 Å². The summed E-state index contributed by atoms with van der Waals surface area (Å²) >= 11 is 0. The highest BCUT2D eigenvalue weighted by Crippen LogP contribution is 2.67. The van der Waals surface area contributed by atoms with Crippen LogP contribution in [0.1, 0.15) is 149 Å². The zero-order chi connectivity index (χ0) is 29.1. The molecule has 0 radical (unpaired) electrons. The molecule has 0 aromatic heterocycles. The van der Waals surface area contributed by atoms with E-state index in [0.29, 0.717) is 22.9 Å². The Morgan fingerprint density at radius 2 is 1.37 bits per heavy atom. The van der Waals surface area contributed by atoms with Gasteiger partial charge in [0, 0.05) is 12.1 Å². The molecule has 0 heterocycles. The summed E-state index contributed by atoms with van der Waals surface area (Å²) in [7, 11) is 0. The second kappa shape index (κ2) is 16.6. The summed E-state index contributed by atoms with van der Waals surface area (Å²) in [5, 5.41) is 7.94. The molecule has 0 amide bonds. The molecule has 0 saturated heterocycles. The fourth-order valence-corrected chi connectivity index (χ4v) is 10.5. The van der Waals surface area contributed by atoms with Crippen molar-refractivity contribution in [3.05, 3.63) is 11.6 Å². The van der Waals surface area contributed by atoms with Gasteiger partial charge in [0.05, 0.1) is 0 Å². The highest BCUT2D eigenvalue weighted by Gasteiger charge is 2.59. The van der Waals surface area contributed by atoms with Gasteiger partial charge in [0.2, 0.25) is 0 Å². The molecule has 4 rings (SSSR count). The second-order valence-corrected chi connectivity index (χ2v) is 15.4. The van der Waals surface area contributed by atoms with Gasteiger partial charge in [-0.05, 0) is 145 Å². The van der Waals surface area contributed by atoms with Crippen LogP contribution in [-0.4, -0.2) is 38.3 Å². The van der Waals surface area contributed by atoms with Crippen molar-refractivity contribution in [2.75, 3.05) is 26.2 Å². The smallest absolute Gasteiger partial charge is 0.0253 e. The topological polar surface area (TPSA) is 76.1 Å². The van der Waals surface area contributed by atoms with Crippen LogP contribution in [-0.2, 0) is 0 Å². The Morgan fingerprint density at radius 1 is 0.732 bits per heavy atom. The maximum absolute atomic E-state index is 5.64. The van der Waals surface area contributed by atoms with E-state index in [9.17, 15) is 0 Å². The standard InChI is InChI=1S/C37H70N4/c1-29(40-26-14-10-6-4-8-12-24-38)33-18-19-34-32-17-16-30-28-31(41-27-15-11-7-5-9-13-25-39)20-22-36(30,2)35(32)21-23-37(33,34)3/h28-29,31-35,40-41H,4-27,38-39H2,1-3H3/t29-,31+,32?,33-,34?,35?,36+,37-/m1/s1. The lowest BCUT2D eigenvalue weighted by molar-refractivity contribution is -0.0560. The predicted octanol–water partition coefficient (Wildman–Crippen LogP) is 8.10. The fourth-order valence-electron chi connectivity index (χ4n) is 10.5. The molecule has 3 fully saturated rings. The predicted molar refractivity (Wildman–Crippen MR) is 178 cm³/mol. The van der Waals surface area contributed by atoms with Gasteiger partial charge in [0.1, 0.15) is 0 Å². The second-order valence-electron chi connectivity index (χ2n) is 15.4. The quantitative estimate of drug-likeness (QED) is 0.0935. The summed E-state index contributed by atoms with van der Waals surface area (Å²) in [6.45, 7) is 12.0. The molecule has 4 nitrogen and oxygen atoms in total. The third kappa shape index (κ3) is 8.40. The first kappa shape index (κ1) is 33.5. The van der Waals surface area contributed by atoms with Crippen LogP contribution in [0.3, 0.4) is 0 Å². The van der Waals surface area contributed by atoms with Crippen LogP contribution in [0.4, 0.5) is 0 Å². The minimum Gasteiger partial charge on any atom is -0.330 e. The Balaban J connectivity index is 1.22. The minimum atomic E-state index is 0.470. The molecule has 238 valence electrons. The van der Waals surface area contributed by atoms with Crippen LogP contribution < -0.4 is 22.1 Å². The van der Waals surface area contributed by atoms with Crippen molar-refractivity contribution in [3.8, 4) is 0 Å². The van der Waals surface area contributed by atoms with Crippen LogP contribution in [0.15, 0.2) is 11.6 Å². The Bertz CT molecular complexity index is 781. The zero-order valence-electron chi connectivity index (χ0n) is 27.7. The lowest BCUT2D eigenvalue weighted by Gasteiger charge is -2.59. The molecule has 0 aliphatic heterocycles. The van der Waals surface area contributed by atoms with E-state index in [1.54, 1.807) is 0 Å². The Hall–Kier alpha value is -0.420. The third-order valence-electron chi connectivity index (χ3n) is 12.9. The first-order valence-corrected chi connectivity index (χ1v) is 18.5. The van der Waals surface area contributed by atoms with Gasteiger partial charge < -0.3 is 22.1 Å². The molecule has 3 saturated carbocycles. The van der Waals surface area contributed by atoms with E-state index in [1.807, 2.05) is 5.57 Å². The minimum absolute atomic E-state index is 0.470. The molecule has 0 aromatic carbocycles. The van der Waals surface area contributed by atoms with E-state index in [2.05, 4.69) is 37.5 Å². The number of hydrogen-bond donors (Lipinski definition) is 4. The van der Waals surface area contributed by atoms with E-state index in [-0.39, 0.29) is 0 Å². The summed E-state index contributed by atoms with van der Waals surface area (Å²) < 4.78 is 0. The number of hydrogen-bond acceptors (Lipinski definition) is 4. The number of rotatable bonds is 19. The van der Waals surface area contributed by atoms with Gasteiger partial charge in [-0.2, -0.15) is 0 Å². The SMILES string of the molecule is C[C@@H](NCCCCCCCCN)[C@H]1CCC2C3CCC4=C[C@@H](NCCCCCCCCN)CC[C@]4(C)C3CC[C@@]21C. The van der Waals surface area contributed by atoms with Crippen molar-refractivity contribution in [3.63, 3.8) is 0 Å². The van der Waals surface area contributed by atoms with E-state index < -0.39 is 0 Å². The van der Waals surface area contributed by atoms with Crippen LogP contribution in [0, 0.1) is 34.5 Å². The number of nitrogens with two attached hydrogens (primary N) is 2. The van der Waals surface area contributed by atoms with Gasteiger partial charge in [0.15, 0.2) is 0 Å². The van der Waals surface area contributed by atoms with Crippen molar-refractivity contribution in [1.29, 1.82) is 0 Å². The zero-order valence-corrected chi connectivity index (χ0v) is 27.7. The molecule has 0 spiro atoms. The third-order valence-corrected chi connectivity index (χ3v) is 12.9. The summed E-state index contributed by atoms with van der Waals surface area (Å²) in [6, 6.07) is 1.29. The number of fused-ring (bicyclic) bond motifs is 5. The van der Waals surface area contributed by atoms with Crippen molar-refractivity contribution < 1.29 is 0 Å². The van der Waals surface area contributed by atoms with Crippen LogP contribution >= 0.6 is 0 Å². The van der Waals surface area contributed by atoms with Crippen LogP contribution in [0.25, 0.3) is 0 Å². The Kier molecular flexibility index (Phi) is 13.5. The van der Waals surface area contributed by atoms with E-state index in [1.165, 1.54) is 142 Å². The molecular weight excluding hydrogens is 500 g/mol. The normalized spacial score (nSPS) is 35.4. The number of allylic oxidation sites excluding steroid dienone is 1. The summed E-state index contributed by atoms with van der Waals surface area (Å²) in [6.07, 6.45) is 30.1. The van der Waals surface area contributed by atoms with E-state index >= 15 is 0 Å². The molecule has 6 N–H and O–H groups in total. The van der Waals surface area contributed by atoms with Gasteiger partial charge >= 0.3 is 0 Å². The average molecular weight is 571 g/mol. The number of unbranched alkanes of at least 4 members (excludes halogenated alkanes) is 10. The van der Waals surface area contributed by atoms with Gasteiger partial charge in [-0.3, -0.25) is 0 Å². The van der Waals surface area contributed by atoms with Gasteiger partial charge in [-0.1, -0.05) is 76.9 Å². The highest BCUT2D eigenvalue weighted by atomic mass is 14.9. The largest absolute Gasteiger partial charge is 0.330 e. The van der Waals surface area contributed by atoms with Gasteiger partial charge in [-0.25, -0.2) is 0 Å². The van der Waals surface area contributed by atoms with Crippen molar-refractivity contribution >= 4 is 0 Å². The maximum atomic E-state index is 5.64. The average Bonchev–Trinajstić information content (AvgIpc) is 3.33. The van der Waals surface area contributed by atoms with E-state index in [4.69, 9.17) is 11.5 Å². The monoisotopic (exact) mass is 571 g/mol. The van der Waals surface area contributed by atoms with Crippen LogP contribution in [0.2, 0.25) is 0 Å². The Labute approximate surface area is 255 Å². The van der Waals surface area contributed by atoms with Gasteiger partial charge in [-0.15, -0.1) is 0 Å². The molecule has 3 unspecified atom stereocenters. The lowest BCUT2D eigenvalue weighted by atomic mass is 9.46. The van der Waals surface area contributed by atoms with Crippen molar-refractivity contribution in [1.82, 2.24) is 10.6 Å². The Morgan fingerprint density at radius 3 is 2.05 bits per heavy atom. The highest BCUT2D eigenvalue weighted by molar-refractivity contribution is 5.26. The maximum Gasteiger partial charge on any atom is 0.0253 e. The number of nitrogens with one attached hydrogen (secondary N) is 2. The fraction of sp³-hybridized carbons (Fsp3) is 0.946. The lowest BCUT2D eigenvalue weighted by Crippen LogP contribution is -2.53. The first-order valence-electron chi connectivity index (χ1n) is 18.5. The van der Waals surface area contributed by atoms with E-state index in [0.717, 1.165) is 36.8 Å². The summed E-state index contributed by atoms with van der Waals surface area (Å²) in [4.78, 5) is 0. The van der Waals surface area contributed by atoms with Crippen molar-refractivity contribution in [2.45, 2.75) is 161 Å². The van der Waals surface area contributed by atoms with Crippen molar-refractivity contribution in [2.24, 2.45) is 46.0 Å².